The van der Waals surface area contributed by atoms with Crippen LogP contribution in [-0.2, 0) is 9.59 Å². The third-order valence-electron chi connectivity index (χ3n) is 2.12. The van der Waals surface area contributed by atoms with Gasteiger partial charge in [-0.2, -0.15) is 0 Å². The van der Waals surface area contributed by atoms with E-state index in [1.165, 1.54) is 13.8 Å². The second-order valence-electron chi connectivity index (χ2n) is 3.84. The molecule has 0 aliphatic carbocycles. The lowest BCUT2D eigenvalue weighted by Gasteiger charge is -2.24. The molecule has 1 unspecified atom stereocenters. The van der Waals surface area contributed by atoms with Gasteiger partial charge in [0.15, 0.2) is 0 Å². The third kappa shape index (κ3) is 3.83. The number of amides is 2. The molecule has 0 bridgehead atoms. The van der Waals surface area contributed by atoms with Crippen LogP contribution in [0.15, 0.2) is 0 Å². The monoisotopic (exact) mass is 231 g/mol. The molecule has 5 N–H and O–H groups in total. The Kier molecular flexibility index (Phi) is 4.67. The molecule has 86 valence electrons. The number of carbonyl (C=O) groups is 2. The zero-order valence-corrected chi connectivity index (χ0v) is 9.98. The van der Waals surface area contributed by atoms with Gasteiger partial charge in [0.2, 0.25) is 11.8 Å². The van der Waals surface area contributed by atoms with E-state index in [-0.39, 0.29) is 10.9 Å². The summed E-state index contributed by atoms with van der Waals surface area (Å²) in [6.45, 7) is 4.85. The minimum atomic E-state index is -1.09. The normalized spacial score (nSPS) is 13.0. The van der Waals surface area contributed by atoms with E-state index in [0.29, 0.717) is 6.42 Å². The van der Waals surface area contributed by atoms with Crippen LogP contribution in [0.5, 0.6) is 0 Å². The molecule has 0 aromatic carbocycles. The molecular formula is C9H17N3O2S. The fourth-order valence-electron chi connectivity index (χ4n) is 0.973. The van der Waals surface area contributed by atoms with Crippen molar-refractivity contribution in [2.24, 2.45) is 17.4 Å². The van der Waals surface area contributed by atoms with Crippen LogP contribution in [0, 0.1) is 5.92 Å². The van der Waals surface area contributed by atoms with Gasteiger partial charge in [0.1, 0.15) is 5.54 Å². The number of hydrogen-bond donors (Lipinski definition) is 3. The van der Waals surface area contributed by atoms with Crippen LogP contribution in [0.25, 0.3) is 0 Å². The fourth-order valence-corrected chi connectivity index (χ4v) is 1.25. The lowest BCUT2D eigenvalue weighted by molar-refractivity contribution is -0.131. The van der Waals surface area contributed by atoms with Crippen LogP contribution in [0.2, 0.25) is 0 Å². The van der Waals surface area contributed by atoms with Crippen LogP contribution in [0.1, 0.15) is 27.2 Å². The Balaban J connectivity index is 4.61. The van der Waals surface area contributed by atoms with Gasteiger partial charge in [-0.1, -0.05) is 19.1 Å². The first-order valence-electron chi connectivity index (χ1n) is 4.63. The summed E-state index contributed by atoms with van der Waals surface area (Å²) in [6.07, 6.45) is 0.496. The molecule has 0 saturated carbocycles. The van der Waals surface area contributed by atoms with Crippen LogP contribution in [0.3, 0.4) is 0 Å². The van der Waals surface area contributed by atoms with Crippen LogP contribution in [0.4, 0.5) is 0 Å². The summed E-state index contributed by atoms with van der Waals surface area (Å²) in [5, 5.41) is 2.51. The molecule has 0 fully saturated rings. The maximum Gasteiger partial charge on any atom is 0.242 e. The van der Waals surface area contributed by atoms with Crippen molar-refractivity contribution < 1.29 is 9.59 Å². The molecule has 0 aliphatic heterocycles. The Labute approximate surface area is 94.6 Å². The van der Waals surface area contributed by atoms with Crippen molar-refractivity contribution in [1.29, 1.82) is 0 Å². The maximum absolute atomic E-state index is 11.6. The van der Waals surface area contributed by atoms with Crippen molar-refractivity contribution in [3.05, 3.63) is 0 Å². The van der Waals surface area contributed by atoms with E-state index in [4.69, 9.17) is 23.7 Å². The third-order valence-corrected chi connectivity index (χ3v) is 2.40. The molecule has 0 heterocycles. The Morgan fingerprint density at radius 2 is 1.87 bits per heavy atom. The molecule has 1 atom stereocenters. The molecule has 5 nitrogen and oxygen atoms in total. The first-order chi connectivity index (χ1) is 6.72. The molecule has 0 saturated heterocycles. The van der Waals surface area contributed by atoms with Crippen molar-refractivity contribution in [2.45, 2.75) is 32.7 Å². The highest BCUT2D eigenvalue weighted by atomic mass is 32.1. The van der Waals surface area contributed by atoms with Crippen molar-refractivity contribution in [3.63, 3.8) is 0 Å². The SMILES string of the molecule is CCC(C(=O)NC(C)(C)C(N)=O)C(N)=S. The van der Waals surface area contributed by atoms with Gasteiger partial charge in [-0.25, -0.2) is 0 Å². The largest absolute Gasteiger partial charge is 0.393 e. The maximum atomic E-state index is 11.6. The van der Waals surface area contributed by atoms with E-state index in [1.54, 1.807) is 6.92 Å². The Morgan fingerprint density at radius 1 is 1.40 bits per heavy atom. The molecule has 0 aromatic heterocycles. The molecule has 6 heteroatoms. The van der Waals surface area contributed by atoms with Gasteiger partial charge >= 0.3 is 0 Å². The molecule has 2 amide bonds. The number of primary amides is 1. The Hall–Kier alpha value is -1.17. The lowest BCUT2D eigenvalue weighted by Crippen LogP contribution is -2.55. The Morgan fingerprint density at radius 3 is 2.13 bits per heavy atom. The topological polar surface area (TPSA) is 98.2 Å². The lowest BCUT2D eigenvalue weighted by atomic mass is 10.0. The molecule has 0 radical (unpaired) electrons. The van der Waals surface area contributed by atoms with Crippen molar-refractivity contribution in [2.75, 3.05) is 0 Å². The summed E-state index contributed by atoms with van der Waals surface area (Å²) in [7, 11) is 0. The van der Waals surface area contributed by atoms with Gasteiger partial charge in [0.05, 0.1) is 10.9 Å². The number of carbonyl (C=O) groups excluding carboxylic acids is 2. The quantitative estimate of drug-likeness (QED) is 0.565. The number of nitrogens with one attached hydrogen (secondary N) is 1. The summed E-state index contributed by atoms with van der Waals surface area (Å²) >= 11 is 4.75. The number of hydrogen-bond acceptors (Lipinski definition) is 3. The zero-order chi connectivity index (χ0) is 12.2. The van der Waals surface area contributed by atoms with Crippen LogP contribution in [-0.4, -0.2) is 22.3 Å². The highest BCUT2D eigenvalue weighted by Gasteiger charge is 2.30. The molecule has 0 rings (SSSR count). The Bertz CT molecular complexity index is 289. The average Bonchev–Trinajstić information content (AvgIpc) is 2.02. The molecule has 0 aromatic rings. The summed E-state index contributed by atoms with van der Waals surface area (Å²) in [4.78, 5) is 22.8. The second-order valence-corrected chi connectivity index (χ2v) is 4.31. The van der Waals surface area contributed by atoms with Gasteiger partial charge in [-0.15, -0.1) is 0 Å². The van der Waals surface area contributed by atoms with E-state index in [1.807, 2.05) is 0 Å². The number of nitrogens with two attached hydrogens (primary N) is 2. The highest BCUT2D eigenvalue weighted by molar-refractivity contribution is 7.80. The second kappa shape index (κ2) is 5.06. The van der Waals surface area contributed by atoms with Gasteiger partial charge < -0.3 is 16.8 Å². The van der Waals surface area contributed by atoms with Crippen LogP contribution < -0.4 is 16.8 Å². The summed E-state index contributed by atoms with van der Waals surface area (Å²) in [5.41, 5.74) is 9.43. The standard InChI is InChI=1S/C9H17N3O2S/c1-4-5(6(10)15)7(13)12-9(2,3)8(11)14/h5H,4H2,1-3H3,(H2,10,15)(H2,11,14)(H,12,13). The summed E-state index contributed by atoms with van der Waals surface area (Å²) in [6, 6.07) is 0. The van der Waals surface area contributed by atoms with E-state index in [9.17, 15) is 9.59 Å². The number of thiocarbonyl (C=S) groups is 1. The highest BCUT2D eigenvalue weighted by Crippen LogP contribution is 2.07. The van der Waals surface area contributed by atoms with Crippen molar-refractivity contribution in [3.8, 4) is 0 Å². The van der Waals surface area contributed by atoms with E-state index in [0.717, 1.165) is 0 Å². The minimum Gasteiger partial charge on any atom is -0.393 e. The van der Waals surface area contributed by atoms with Crippen molar-refractivity contribution in [1.82, 2.24) is 5.32 Å². The first kappa shape index (κ1) is 13.8. The molecule has 15 heavy (non-hydrogen) atoms. The molecular weight excluding hydrogens is 214 g/mol. The summed E-state index contributed by atoms with van der Waals surface area (Å²) < 4.78 is 0. The van der Waals surface area contributed by atoms with Crippen LogP contribution >= 0.6 is 12.2 Å². The minimum absolute atomic E-state index is 0.121. The zero-order valence-electron chi connectivity index (χ0n) is 9.16. The number of rotatable bonds is 5. The summed E-state index contributed by atoms with van der Waals surface area (Å²) in [5.74, 6) is -1.53. The molecule has 0 aliphatic rings. The predicted molar refractivity (Wildman–Crippen MR) is 62.0 cm³/mol. The average molecular weight is 231 g/mol. The van der Waals surface area contributed by atoms with Gasteiger partial charge in [-0.05, 0) is 20.3 Å². The van der Waals surface area contributed by atoms with E-state index >= 15 is 0 Å². The van der Waals surface area contributed by atoms with E-state index < -0.39 is 17.4 Å². The fraction of sp³-hybridized carbons (Fsp3) is 0.667. The van der Waals surface area contributed by atoms with E-state index in [2.05, 4.69) is 5.32 Å². The molecule has 0 spiro atoms. The first-order valence-corrected chi connectivity index (χ1v) is 5.04. The van der Waals surface area contributed by atoms with Gasteiger partial charge in [0, 0.05) is 0 Å². The van der Waals surface area contributed by atoms with Gasteiger partial charge in [-0.3, -0.25) is 9.59 Å². The predicted octanol–water partition coefficient (Wildman–Crippen LogP) is -0.321. The smallest absolute Gasteiger partial charge is 0.242 e. The van der Waals surface area contributed by atoms with Crippen molar-refractivity contribution >= 4 is 29.0 Å². The van der Waals surface area contributed by atoms with Gasteiger partial charge in [0.25, 0.3) is 0 Å².